The quantitative estimate of drug-likeness (QED) is 0.241. The standard InChI is InChI=1S/C13H26N2O4/c1-6-7-10-18-11(16)8-9-13(5,19-17)15-14-12(2,3)4/h17H,6-10H2,1-5H3. The molecule has 19 heavy (non-hydrogen) atoms. The molecular weight excluding hydrogens is 248 g/mol. The van der Waals surface area contributed by atoms with Crippen LogP contribution in [0.4, 0.5) is 0 Å². The minimum atomic E-state index is -1.21. The van der Waals surface area contributed by atoms with Crippen molar-refractivity contribution in [3.8, 4) is 0 Å². The molecule has 0 radical (unpaired) electrons. The first-order valence-electron chi connectivity index (χ1n) is 6.65. The van der Waals surface area contributed by atoms with Crippen molar-refractivity contribution in [1.29, 1.82) is 0 Å². The highest BCUT2D eigenvalue weighted by Crippen LogP contribution is 2.21. The monoisotopic (exact) mass is 274 g/mol. The van der Waals surface area contributed by atoms with Crippen LogP contribution in [0.3, 0.4) is 0 Å². The molecule has 6 heteroatoms. The molecule has 0 aliphatic rings. The van der Waals surface area contributed by atoms with Gasteiger partial charge >= 0.3 is 5.97 Å². The minimum absolute atomic E-state index is 0.129. The zero-order valence-electron chi connectivity index (χ0n) is 12.6. The Kier molecular flexibility index (Phi) is 7.78. The number of nitrogens with zero attached hydrogens (tertiary/aromatic N) is 2. The maximum Gasteiger partial charge on any atom is 0.305 e. The van der Waals surface area contributed by atoms with Gasteiger partial charge in [-0.05, 0) is 34.1 Å². The topological polar surface area (TPSA) is 80.5 Å². The molecule has 1 N–H and O–H groups in total. The molecule has 6 nitrogen and oxygen atoms in total. The zero-order chi connectivity index (χ0) is 14.9. The molecule has 0 aromatic heterocycles. The number of carbonyl (C=O) groups excluding carboxylic acids is 1. The highest BCUT2D eigenvalue weighted by molar-refractivity contribution is 5.69. The first-order chi connectivity index (χ1) is 8.72. The molecule has 112 valence electrons. The third kappa shape index (κ3) is 9.55. The fraction of sp³-hybridized carbons (Fsp3) is 0.923. The lowest BCUT2D eigenvalue weighted by atomic mass is 10.1. The Morgan fingerprint density at radius 3 is 2.32 bits per heavy atom. The summed E-state index contributed by atoms with van der Waals surface area (Å²) in [6.45, 7) is 9.67. The first-order valence-corrected chi connectivity index (χ1v) is 6.65. The average Bonchev–Trinajstić information content (AvgIpc) is 2.33. The molecule has 0 bridgehead atoms. The Bertz CT molecular complexity index is 300. The molecular formula is C13H26N2O4. The van der Waals surface area contributed by atoms with Gasteiger partial charge in [0, 0.05) is 6.42 Å². The van der Waals surface area contributed by atoms with Crippen LogP contribution in [0.1, 0.15) is 60.3 Å². The van der Waals surface area contributed by atoms with Crippen LogP contribution in [-0.2, 0) is 14.4 Å². The second-order valence-electron chi connectivity index (χ2n) is 5.71. The Morgan fingerprint density at radius 2 is 1.84 bits per heavy atom. The van der Waals surface area contributed by atoms with Crippen LogP contribution >= 0.6 is 0 Å². The molecule has 1 unspecified atom stereocenters. The highest BCUT2D eigenvalue weighted by atomic mass is 17.1. The molecule has 0 aliphatic heterocycles. The third-order valence-electron chi connectivity index (χ3n) is 2.31. The van der Waals surface area contributed by atoms with Crippen molar-refractivity contribution in [1.82, 2.24) is 0 Å². The fourth-order valence-corrected chi connectivity index (χ4v) is 1.11. The van der Waals surface area contributed by atoms with E-state index in [2.05, 4.69) is 15.1 Å². The van der Waals surface area contributed by atoms with Gasteiger partial charge in [-0.3, -0.25) is 4.79 Å². The van der Waals surface area contributed by atoms with Crippen molar-refractivity contribution in [3.05, 3.63) is 0 Å². The Morgan fingerprint density at radius 1 is 1.21 bits per heavy atom. The smallest absolute Gasteiger partial charge is 0.305 e. The summed E-state index contributed by atoms with van der Waals surface area (Å²) in [5.41, 5.74) is -1.57. The van der Waals surface area contributed by atoms with Gasteiger partial charge in [0.1, 0.15) is 0 Å². The second-order valence-corrected chi connectivity index (χ2v) is 5.71. The average molecular weight is 274 g/mol. The van der Waals surface area contributed by atoms with Crippen molar-refractivity contribution < 1.29 is 19.7 Å². The van der Waals surface area contributed by atoms with Crippen LogP contribution in [0, 0.1) is 0 Å². The van der Waals surface area contributed by atoms with Crippen molar-refractivity contribution in [2.75, 3.05) is 6.61 Å². The lowest BCUT2D eigenvalue weighted by Crippen LogP contribution is -2.27. The van der Waals surface area contributed by atoms with Crippen LogP contribution < -0.4 is 0 Å². The van der Waals surface area contributed by atoms with Gasteiger partial charge in [-0.2, -0.15) is 10.2 Å². The molecule has 0 saturated heterocycles. The minimum Gasteiger partial charge on any atom is -0.466 e. The van der Waals surface area contributed by atoms with Crippen molar-refractivity contribution in [2.24, 2.45) is 10.2 Å². The summed E-state index contributed by atoms with van der Waals surface area (Å²) in [6, 6.07) is 0. The van der Waals surface area contributed by atoms with E-state index in [9.17, 15) is 4.79 Å². The first kappa shape index (κ1) is 18.0. The summed E-state index contributed by atoms with van der Waals surface area (Å²) in [5, 5.41) is 16.9. The SMILES string of the molecule is CCCCOC(=O)CCC(C)(N=NC(C)(C)C)OO. The van der Waals surface area contributed by atoms with Gasteiger partial charge in [-0.15, -0.1) is 0 Å². The van der Waals surface area contributed by atoms with Gasteiger partial charge < -0.3 is 4.74 Å². The number of hydrogen-bond donors (Lipinski definition) is 1. The van der Waals surface area contributed by atoms with E-state index in [0.29, 0.717) is 6.61 Å². The summed E-state index contributed by atoms with van der Waals surface area (Å²) in [5.74, 6) is -0.317. The molecule has 0 aromatic rings. The van der Waals surface area contributed by atoms with Crippen LogP contribution in [0.25, 0.3) is 0 Å². The summed E-state index contributed by atoms with van der Waals surface area (Å²) < 4.78 is 5.02. The maximum absolute atomic E-state index is 11.4. The van der Waals surface area contributed by atoms with Gasteiger partial charge in [0.15, 0.2) is 0 Å². The molecule has 0 heterocycles. The molecule has 0 fully saturated rings. The van der Waals surface area contributed by atoms with Crippen LogP contribution in [0.15, 0.2) is 10.2 Å². The van der Waals surface area contributed by atoms with Crippen LogP contribution in [0.5, 0.6) is 0 Å². The van der Waals surface area contributed by atoms with Crippen LogP contribution in [0.2, 0.25) is 0 Å². The second kappa shape index (κ2) is 8.22. The molecule has 0 aromatic carbocycles. The maximum atomic E-state index is 11.4. The van der Waals surface area contributed by atoms with Gasteiger partial charge in [-0.1, -0.05) is 13.3 Å². The summed E-state index contributed by atoms with van der Waals surface area (Å²) in [6.07, 6.45) is 2.17. The van der Waals surface area contributed by atoms with Gasteiger partial charge in [-0.25, -0.2) is 10.1 Å². The Labute approximate surface area is 115 Å². The fourth-order valence-electron chi connectivity index (χ4n) is 1.11. The number of ether oxygens (including phenoxy) is 1. The van der Waals surface area contributed by atoms with E-state index < -0.39 is 5.72 Å². The lowest BCUT2D eigenvalue weighted by Gasteiger charge is -2.21. The number of carbonyl (C=O) groups is 1. The van der Waals surface area contributed by atoms with E-state index in [1.807, 2.05) is 27.7 Å². The van der Waals surface area contributed by atoms with Gasteiger partial charge in [0.05, 0.1) is 18.6 Å². The predicted molar refractivity (Wildman–Crippen MR) is 71.8 cm³/mol. The summed E-state index contributed by atoms with van der Waals surface area (Å²) in [4.78, 5) is 15.8. The zero-order valence-corrected chi connectivity index (χ0v) is 12.6. The molecule has 0 spiro atoms. The number of hydrogen-bond acceptors (Lipinski definition) is 6. The third-order valence-corrected chi connectivity index (χ3v) is 2.31. The number of azo groups is 1. The number of esters is 1. The Hall–Kier alpha value is -1.01. The van der Waals surface area contributed by atoms with E-state index in [1.165, 1.54) is 0 Å². The Balaban J connectivity index is 4.24. The highest BCUT2D eigenvalue weighted by Gasteiger charge is 2.27. The van der Waals surface area contributed by atoms with Gasteiger partial charge in [0.2, 0.25) is 5.72 Å². The number of unbranched alkanes of at least 4 members (excludes halogenated alkanes) is 1. The molecule has 0 rings (SSSR count). The molecule has 0 saturated carbocycles. The van der Waals surface area contributed by atoms with E-state index in [1.54, 1.807) is 6.92 Å². The van der Waals surface area contributed by atoms with E-state index in [0.717, 1.165) is 12.8 Å². The van der Waals surface area contributed by atoms with Crippen molar-refractivity contribution in [3.63, 3.8) is 0 Å². The summed E-state index contributed by atoms with van der Waals surface area (Å²) >= 11 is 0. The molecule has 0 amide bonds. The van der Waals surface area contributed by atoms with Crippen molar-refractivity contribution in [2.45, 2.75) is 71.6 Å². The number of rotatable bonds is 8. The molecule has 0 aliphatic carbocycles. The largest absolute Gasteiger partial charge is 0.466 e. The lowest BCUT2D eigenvalue weighted by molar-refractivity contribution is -0.319. The van der Waals surface area contributed by atoms with E-state index in [4.69, 9.17) is 9.99 Å². The summed E-state index contributed by atoms with van der Waals surface area (Å²) in [7, 11) is 0. The normalized spacial score (nSPS) is 15.5. The van der Waals surface area contributed by atoms with Crippen LogP contribution in [-0.4, -0.2) is 29.1 Å². The van der Waals surface area contributed by atoms with E-state index >= 15 is 0 Å². The van der Waals surface area contributed by atoms with Gasteiger partial charge in [0.25, 0.3) is 0 Å². The van der Waals surface area contributed by atoms with E-state index in [-0.39, 0.29) is 24.3 Å². The van der Waals surface area contributed by atoms with Crippen molar-refractivity contribution >= 4 is 5.97 Å². The molecule has 1 atom stereocenters. The predicted octanol–water partition coefficient (Wildman–Crippen LogP) is 3.57.